The average Bonchev–Trinajstić information content (AvgIpc) is 3.68. The molecule has 0 bridgehead atoms. The Morgan fingerprint density at radius 3 is 1.52 bits per heavy atom. The van der Waals surface area contributed by atoms with Gasteiger partial charge in [0.1, 0.15) is 0 Å². The topological polar surface area (TPSA) is 30.7 Å². The molecule has 0 fully saturated rings. The molecule has 0 aliphatic heterocycles. The van der Waals surface area contributed by atoms with E-state index in [1.165, 1.54) is 44.2 Å². The Kier molecular flexibility index (Phi) is 6.40. The highest BCUT2D eigenvalue weighted by atomic mass is 15.2. The number of fused-ring (bicyclic) bond motifs is 6. The van der Waals surface area contributed by atoms with Crippen molar-refractivity contribution in [2.45, 2.75) is 5.41 Å². The molecule has 0 saturated heterocycles. The summed E-state index contributed by atoms with van der Waals surface area (Å²) in [5.74, 6) is 0.653. The van der Waals surface area contributed by atoms with Crippen LogP contribution in [0.2, 0.25) is 0 Å². The first-order valence-corrected chi connectivity index (χ1v) is 17.1. The first kappa shape index (κ1) is 28.4. The Balaban J connectivity index is 1.32. The molecule has 3 nitrogen and oxygen atoms in total. The SMILES string of the molecule is c1ccc(-c2cc(-c3ccccc3)nc(-n3c4ccccc4c4cc5c(cc43)-c3ccccc3C5(c3ccccc3)c3ccccc3)n2)cc1. The van der Waals surface area contributed by atoms with Gasteiger partial charge in [-0.3, -0.25) is 4.57 Å². The van der Waals surface area contributed by atoms with Crippen LogP contribution < -0.4 is 0 Å². The maximum atomic E-state index is 5.29. The van der Waals surface area contributed by atoms with Gasteiger partial charge in [0.05, 0.1) is 27.8 Å². The molecule has 0 atom stereocenters. The first-order valence-electron chi connectivity index (χ1n) is 17.1. The summed E-state index contributed by atoms with van der Waals surface area (Å²) in [5, 5.41) is 2.35. The minimum absolute atomic E-state index is 0.476. The van der Waals surface area contributed by atoms with E-state index in [1.54, 1.807) is 0 Å². The van der Waals surface area contributed by atoms with E-state index in [0.29, 0.717) is 5.95 Å². The molecule has 50 heavy (non-hydrogen) atoms. The molecule has 0 radical (unpaired) electrons. The molecule has 1 aliphatic carbocycles. The van der Waals surface area contributed by atoms with Crippen LogP contribution in [0.15, 0.2) is 188 Å². The Labute approximate surface area is 290 Å². The zero-order valence-electron chi connectivity index (χ0n) is 27.2. The second kappa shape index (κ2) is 11.3. The summed E-state index contributed by atoms with van der Waals surface area (Å²) in [5.41, 5.74) is 13.1. The van der Waals surface area contributed by atoms with E-state index in [-0.39, 0.29) is 0 Å². The lowest BCUT2D eigenvalue weighted by atomic mass is 9.67. The maximum absolute atomic E-state index is 5.29. The summed E-state index contributed by atoms with van der Waals surface area (Å²) in [4.78, 5) is 10.6. The highest BCUT2D eigenvalue weighted by Gasteiger charge is 2.46. The number of para-hydroxylation sites is 1. The number of nitrogens with zero attached hydrogens (tertiary/aromatic N) is 3. The number of hydrogen-bond donors (Lipinski definition) is 0. The van der Waals surface area contributed by atoms with Crippen molar-refractivity contribution in [3.8, 4) is 39.6 Å². The van der Waals surface area contributed by atoms with Crippen LogP contribution in [-0.2, 0) is 5.41 Å². The zero-order valence-corrected chi connectivity index (χ0v) is 27.2. The second-order valence-electron chi connectivity index (χ2n) is 13.0. The van der Waals surface area contributed by atoms with Gasteiger partial charge in [-0.15, -0.1) is 0 Å². The molecule has 2 heterocycles. The molecule has 10 rings (SSSR count). The number of benzene rings is 7. The molecule has 3 heteroatoms. The summed E-state index contributed by atoms with van der Waals surface area (Å²) < 4.78 is 2.26. The largest absolute Gasteiger partial charge is 0.278 e. The molecule has 2 aromatic heterocycles. The van der Waals surface area contributed by atoms with E-state index in [4.69, 9.17) is 9.97 Å². The lowest BCUT2D eigenvalue weighted by Crippen LogP contribution is -2.28. The van der Waals surface area contributed by atoms with E-state index in [1.807, 2.05) is 12.1 Å². The number of aromatic nitrogens is 3. The van der Waals surface area contributed by atoms with Gasteiger partial charge < -0.3 is 0 Å². The van der Waals surface area contributed by atoms with Crippen LogP contribution in [0, 0.1) is 0 Å². The fourth-order valence-corrected chi connectivity index (χ4v) is 8.17. The van der Waals surface area contributed by atoms with E-state index >= 15 is 0 Å². The molecule has 7 aromatic carbocycles. The van der Waals surface area contributed by atoms with Crippen molar-refractivity contribution in [2.24, 2.45) is 0 Å². The molecule has 0 N–H and O–H groups in total. The van der Waals surface area contributed by atoms with Crippen molar-refractivity contribution < 1.29 is 0 Å². The van der Waals surface area contributed by atoms with Crippen LogP contribution in [-0.4, -0.2) is 14.5 Å². The van der Waals surface area contributed by atoms with Crippen molar-refractivity contribution in [3.05, 3.63) is 210 Å². The minimum Gasteiger partial charge on any atom is -0.278 e. The van der Waals surface area contributed by atoms with Crippen LogP contribution in [0.3, 0.4) is 0 Å². The van der Waals surface area contributed by atoms with Gasteiger partial charge in [-0.25, -0.2) is 9.97 Å². The normalized spacial score (nSPS) is 13.0. The van der Waals surface area contributed by atoms with Gasteiger partial charge >= 0.3 is 0 Å². The van der Waals surface area contributed by atoms with Crippen molar-refractivity contribution in [3.63, 3.8) is 0 Å². The fraction of sp³-hybridized carbons (Fsp3) is 0.0213. The molecule has 9 aromatic rings. The Bertz CT molecular complexity index is 2580. The summed E-state index contributed by atoms with van der Waals surface area (Å²) >= 11 is 0. The van der Waals surface area contributed by atoms with Crippen LogP contribution in [0.25, 0.3) is 61.4 Å². The van der Waals surface area contributed by atoms with Crippen LogP contribution in [0.4, 0.5) is 0 Å². The minimum atomic E-state index is -0.476. The highest BCUT2D eigenvalue weighted by molar-refractivity contribution is 6.11. The Morgan fingerprint density at radius 1 is 0.380 bits per heavy atom. The van der Waals surface area contributed by atoms with Gasteiger partial charge in [0.15, 0.2) is 0 Å². The molecule has 234 valence electrons. The predicted octanol–water partition coefficient (Wildman–Crippen LogP) is 11.3. The van der Waals surface area contributed by atoms with Gasteiger partial charge in [0, 0.05) is 21.9 Å². The van der Waals surface area contributed by atoms with Crippen LogP contribution in [0.1, 0.15) is 22.3 Å². The molecule has 0 amide bonds. The molecule has 0 unspecified atom stereocenters. The summed E-state index contributed by atoms with van der Waals surface area (Å²) in [7, 11) is 0. The number of hydrogen-bond acceptors (Lipinski definition) is 2. The quantitative estimate of drug-likeness (QED) is 0.188. The van der Waals surface area contributed by atoms with Crippen LogP contribution in [0.5, 0.6) is 0 Å². The molecule has 1 aliphatic rings. The summed E-state index contributed by atoms with van der Waals surface area (Å²) in [6.45, 7) is 0. The first-order chi connectivity index (χ1) is 24.8. The highest BCUT2D eigenvalue weighted by Crippen LogP contribution is 2.57. The second-order valence-corrected chi connectivity index (χ2v) is 13.0. The predicted molar refractivity (Wildman–Crippen MR) is 205 cm³/mol. The van der Waals surface area contributed by atoms with Gasteiger partial charge in [-0.05, 0) is 57.6 Å². The molecular formula is C47H31N3. The van der Waals surface area contributed by atoms with Gasteiger partial charge in [0.25, 0.3) is 0 Å². The van der Waals surface area contributed by atoms with E-state index in [9.17, 15) is 0 Å². The summed E-state index contributed by atoms with van der Waals surface area (Å²) in [6, 6.07) is 67.3. The lowest BCUT2D eigenvalue weighted by Gasteiger charge is -2.33. The smallest absolute Gasteiger partial charge is 0.235 e. The third-order valence-corrected chi connectivity index (χ3v) is 10.3. The van der Waals surface area contributed by atoms with E-state index in [2.05, 4.69) is 180 Å². The number of rotatable bonds is 5. The monoisotopic (exact) mass is 637 g/mol. The Morgan fingerprint density at radius 2 is 0.900 bits per heavy atom. The van der Waals surface area contributed by atoms with Gasteiger partial charge in [0.2, 0.25) is 5.95 Å². The van der Waals surface area contributed by atoms with Gasteiger partial charge in [-0.1, -0.05) is 164 Å². The zero-order chi connectivity index (χ0) is 33.1. The molecule has 0 saturated carbocycles. The molecular weight excluding hydrogens is 607 g/mol. The van der Waals surface area contributed by atoms with E-state index in [0.717, 1.165) is 33.5 Å². The van der Waals surface area contributed by atoms with Crippen LogP contribution >= 0.6 is 0 Å². The van der Waals surface area contributed by atoms with E-state index < -0.39 is 5.41 Å². The fourth-order valence-electron chi connectivity index (χ4n) is 8.17. The van der Waals surface area contributed by atoms with Gasteiger partial charge in [-0.2, -0.15) is 0 Å². The average molecular weight is 638 g/mol. The lowest BCUT2D eigenvalue weighted by molar-refractivity contribution is 0.769. The van der Waals surface area contributed by atoms with Crippen molar-refractivity contribution in [2.75, 3.05) is 0 Å². The van der Waals surface area contributed by atoms with Crippen molar-refractivity contribution >= 4 is 21.8 Å². The standard InChI is InChI=1S/C47H31N3/c1-5-17-32(18-6-1)42-31-43(33-19-7-2-8-20-33)49-46(48-42)50-44-28-16-14-26-37(44)39-29-41-38(30-45(39)50)36-25-13-15-27-40(36)47(41,34-21-9-3-10-22-34)35-23-11-4-12-24-35/h1-31H. The Hall–Kier alpha value is -6.58. The van der Waals surface area contributed by atoms with Crippen molar-refractivity contribution in [1.82, 2.24) is 14.5 Å². The third-order valence-electron chi connectivity index (χ3n) is 10.3. The van der Waals surface area contributed by atoms with Crippen molar-refractivity contribution in [1.29, 1.82) is 0 Å². The maximum Gasteiger partial charge on any atom is 0.235 e. The molecule has 0 spiro atoms. The summed E-state index contributed by atoms with van der Waals surface area (Å²) in [6.07, 6.45) is 0. The third kappa shape index (κ3) is 4.17.